The number of hydrogen-bond donors (Lipinski definition) is 0. The van der Waals surface area contributed by atoms with Crippen LogP contribution in [0, 0.1) is 5.92 Å². The first-order valence-electron chi connectivity index (χ1n) is 6.83. The normalized spacial score (nSPS) is 18.4. The van der Waals surface area contributed by atoms with E-state index in [4.69, 9.17) is 23.2 Å². The fraction of sp³-hybridized carbons (Fsp3) is 0.571. The highest BCUT2D eigenvalue weighted by Gasteiger charge is 2.29. The molecule has 1 aliphatic rings. The highest BCUT2D eigenvalue weighted by molar-refractivity contribution is 7.89. The van der Waals surface area contributed by atoms with Gasteiger partial charge in [-0.3, -0.25) is 0 Å². The van der Waals surface area contributed by atoms with Crippen molar-refractivity contribution < 1.29 is 8.42 Å². The maximum absolute atomic E-state index is 12.6. The highest BCUT2D eigenvalue weighted by atomic mass is 35.5. The van der Waals surface area contributed by atoms with E-state index in [1.165, 1.54) is 6.07 Å². The van der Waals surface area contributed by atoms with Gasteiger partial charge in [0.15, 0.2) is 0 Å². The fourth-order valence-corrected chi connectivity index (χ4v) is 4.61. The predicted octanol–water partition coefficient (Wildman–Crippen LogP) is 3.89. The van der Waals surface area contributed by atoms with Crippen LogP contribution in [0.3, 0.4) is 0 Å². The molecule has 112 valence electrons. The first-order valence-corrected chi connectivity index (χ1v) is 9.18. The van der Waals surface area contributed by atoms with Gasteiger partial charge in [-0.15, -0.1) is 11.6 Å². The number of alkyl halides is 1. The van der Waals surface area contributed by atoms with Gasteiger partial charge in [0.1, 0.15) is 0 Å². The lowest BCUT2D eigenvalue weighted by molar-refractivity contribution is 0.269. The van der Waals surface area contributed by atoms with Crippen LogP contribution in [0.15, 0.2) is 23.1 Å². The molecule has 0 radical (unpaired) electrons. The lowest BCUT2D eigenvalue weighted by atomic mass is 9.96. The van der Waals surface area contributed by atoms with E-state index in [2.05, 4.69) is 6.92 Å². The molecule has 1 saturated heterocycles. The molecular weight excluding hydrogens is 317 g/mol. The van der Waals surface area contributed by atoms with Crippen LogP contribution in [-0.4, -0.2) is 25.8 Å². The molecule has 0 spiro atoms. The van der Waals surface area contributed by atoms with Crippen molar-refractivity contribution in [2.24, 2.45) is 5.92 Å². The molecule has 1 aromatic carbocycles. The third-order valence-electron chi connectivity index (χ3n) is 3.96. The van der Waals surface area contributed by atoms with Gasteiger partial charge in [0.2, 0.25) is 10.0 Å². The molecule has 2 rings (SSSR count). The minimum Gasteiger partial charge on any atom is -0.207 e. The van der Waals surface area contributed by atoms with Gasteiger partial charge >= 0.3 is 0 Å². The van der Waals surface area contributed by atoms with Crippen LogP contribution < -0.4 is 0 Å². The van der Waals surface area contributed by atoms with Crippen molar-refractivity contribution in [3.05, 3.63) is 28.8 Å². The number of nitrogens with zero attached hydrogens (tertiary/aromatic N) is 1. The summed E-state index contributed by atoms with van der Waals surface area (Å²) < 4.78 is 26.7. The van der Waals surface area contributed by atoms with Gasteiger partial charge in [-0.25, -0.2) is 8.42 Å². The van der Waals surface area contributed by atoms with Crippen molar-refractivity contribution in [3.63, 3.8) is 0 Å². The summed E-state index contributed by atoms with van der Waals surface area (Å²) in [6.07, 6.45) is 2.98. The second-order valence-electron chi connectivity index (χ2n) is 5.14. The number of benzene rings is 1. The largest absolute Gasteiger partial charge is 0.243 e. The first-order chi connectivity index (χ1) is 9.48. The van der Waals surface area contributed by atoms with E-state index in [0.717, 1.165) is 24.8 Å². The number of hydrogen-bond acceptors (Lipinski definition) is 2. The maximum atomic E-state index is 12.6. The van der Waals surface area contributed by atoms with E-state index in [1.54, 1.807) is 16.4 Å². The van der Waals surface area contributed by atoms with Crippen molar-refractivity contribution in [2.75, 3.05) is 13.1 Å². The van der Waals surface area contributed by atoms with Crippen LogP contribution in [0.25, 0.3) is 0 Å². The van der Waals surface area contributed by atoms with Crippen molar-refractivity contribution in [1.29, 1.82) is 0 Å². The van der Waals surface area contributed by atoms with Gasteiger partial charge < -0.3 is 0 Å². The van der Waals surface area contributed by atoms with Crippen LogP contribution in [0.1, 0.15) is 31.7 Å². The van der Waals surface area contributed by atoms with Crippen LogP contribution in [0.4, 0.5) is 0 Å². The number of sulfonamides is 1. The van der Waals surface area contributed by atoms with Gasteiger partial charge in [0.05, 0.1) is 4.90 Å². The zero-order valence-electron chi connectivity index (χ0n) is 11.5. The lowest BCUT2D eigenvalue weighted by Gasteiger charge is -2.30. The summed E-state index contributed by atoms with van der Waals surface area (Å²) in [5, 5.41) is 0.407. The highest BCUT2D eigenvalue weighted by Crippen LogP contribution is 2.28. The summed E-state index contributed by atoms with van der Waals surface area (Å²) in [6, 6.07) is 4.77. The molecule has 6 heteroatoms. The van der Waals surface area contributed by atoms with Gasteiger partial charge in [-0.1, -0.05) is 31.0 Å². The maximum Gasteiger partial charge on any atom is 0.243 e. The standard InChI is InChI=1S/C14H19Cl2NO2S/c1-2-11-5-7-17(8-6-11)20(18,19)13-4-3-12(10-15)14(16)9-13/h3-4,9,11H,2,5-8,10H2,1H3. The molecule has 20 heavy (non-hydrogen) atoms. The van der Waals surface area contributed by atoms with Gasteiger partial charge in [-0.05, 0) is 36.5 Å². The minimum absolute atomic E-state index is 0.256. The van der Waals surface area contributed by atoms with E-state index in [1.807, 2.05) is 0 Å². The molecule has 1 aliphatic heterocycles. The van der Waals surface area contributed by atoms with E-state index >= 15 is 0 Å². The van der Waals surface area contributed by atoms with E-state index in [9.17, 15) is 8.42 Å². The second kappa shape index (κ2) is 6.65. The summed E-state index contributed by atoms with van der Waals surface area (Å²) in [5.74, 6) is 0.921. The van der Waals surface area contributed by atoms with E-state index in [0.29, 0.717) is 24.0 Å². The average Bonchev–Trinajstić information content (AvgIpc) is 2.47. The van der Waals surface area contributed by atoms with Gasteiger partial charge in [0.25, 0.3) is 0 Å². The molecule has 0 N–H and O–H groups in total. The Bertz CT molecular complexity index is 567. The molecule has 1 fully saturated rings. The molecule has 1 heterocycles. The number of piperidine rings is 1. The summed E-state index contributed by atoms with van der Waals surface area (Å²) in [5.41, 5.74) is 0.747. The molecule has 0 aromatic heterocycles. The average molecular weight is 336 g/mol. The molecule has 0 bridgehead atoms. The number of halogens is 2. The SMILES string of the molecule is CCC1CCN(S(=O)(=O)c2ccc(CCl)c(Cl)c2)CC1. The third kappa shape index (κ3) is 3.30. The van der Waals surface area contributed by atoms with Crippen molar-refractivity contribution in [1.82, 2.24) is 4.31 Å². The van der Waals surface area contributed by atoms with E-state index in [-0.39, 0.29) is 10.8 Å². The molecule has 0 aliphatic carbocycles. The van der Waals surface area contributed by atoms with Crippen LogP contribution in [0.2, 0.25) is 5.02 Å². The summed E-state index contributed by atoms with van der Waals surface area (Å²) in [4.78, 5) is 0.256. The summed E-state index contributed by atoms with van der Waals surface area (Å²) >= 11 is 11.8. The Morgan fingerprint density at radius 2 is 1.95 bits per heavy atom. The Labute approximate surface area is 130 Å². The molecule has 0 amide bonds. The third-order valence-corrected chi connectivity index (χ3v) is 6.49. The van der Waals surface area contributed by atoms with Crippen molar-refractivity contribution in [2.45, 2.75) is 37.0 Å². The Kier molecular flexibility index (Phi) is 5.35. The van der Waals surface area contributed by atoms with Crippen LogP contribution >= 0.6 is 23.2 Å². The smallest absolute Gasteiger partial charge is 0.207 e. The number of rotatable bonds is 4. The quantitative estimate of drug-likeness (QED) is 0.782. The van der Waals surface area contributed by atoms with Crippen LogP contribution in [-0.2, 0) is 15.9 Å². The monoisotopic (exact) mass is 335 g/mol. The Morgan fingerprint density at radius 1 is 1.30 bits per heavy atom. The molecule has 0 saturated carbocycles. The lowest BCUT2D eigenvalue weighted by Crippen LogP contribution is -2.38. The first kappa shape index (κ1) is 16.1. The Morgan fingerprint density at radius 3 is 2.45 bits per heavy atom. The molecular formula is C14H19Cl2NO2S. The molecule has 1 aromatic rings. The fourth-order valence-electron chi connectivity index (χ4n) is 2.50. The Hall–Kier alpha value is -0.290. The summed E-state index contributed by atoms with van der Waals surface area (Å²) in [6.45, 7) is 3.34. The van der Waals surface area contributed by atoms with Gasteiger partial charge in [0, 0.05) is 24.0 Å². The topological polar surface area (TPSA) is 37.4 Å². The van der Waals surface area contributed by atoms with Crippen LogP contribution in [0.5, 0.6) is 0 Å². The molecule has 0 atom stereocenters. The second-order valence-corrected chi connectivity index (χ2v) is 7.75. The Balaban J connectivity index is 2.20. The van der Waals surface area contributed by atoms with Gasteiger partial charge in [-0.2, -0.15) is 4.31 Å². The molecule has 0 unspecified atom stereocenters. The van der Waals surface area contributed by atoms with Crippen molar-refractivity contribution in [3.8, 4) is 0 Å². The van der Waals surface area contributed by atoms with E-state index < -0.39 is 10.0 Å². The molecule has 3 nitrogen and oxygen atoms in total. The minimum atomic E-state index is -3.44. The van der Waals surface area contributed by atoms with Crippen molar-refractivity contribution >= 4 is 33.2 Å². The summed E-state index contributed by atoms with van der Waals surface area (Å²) in [7, 11) is -3.44. The zero-order chi connectivity index (χ0) is 14.8. The predicted molar refractivity (Wildman–Crippen MR) is 82.8 cm³/mol. The zero-order valence-corrected chi connectivity index (χ0v) is 13.8.